The number of ether oxygens (including phenoxy) is 2. The van der Waals surface area contributed by atoms with Gasteiger partial charge in [-0.15, -0.1) is 0 Å². The van der Waals surface area contributed by atoms with Crippen molar-refractivity contribution in [2.24, 2.45) is 0 Å². The van der Waals surface area contributed by atoms with E-state index in [1.807, 2.05) is 0 Å². The highest BCUT2D eigenvalue weighted by Crippen LogP contribution is 2.02. The Morgan fingerprint density at radius 1 is 1.27 bits per heavy atom. The van der Waals surface area contributed by atoms with Crippen molar-refractivity contribution in [2.45, 2.75) is 0 Å². The number of halogens is 1. The summed E-state index contributed by atoms with van der Waals surface area (Å²) in [4.78, 5) is 21.0. The second-order valence-corrected chi connectivity index (χ2v) is 1.91. The molecule has 0 heterocycles. The number of esters is 2. The molecule has 0 saturated heterocycles. The van der Waals surface area contributed by atoms with Crippen LogP contribution in [0.4, 0.5) is 0 Å². The molecule has 0 aliphatic rings. The lowest BCUT2D eigenvalue weighted by Crippen LogP contribution is -2.03. The van der Waals surface area contributed by atoms with Crippen LogP contribution in [-0.4, -0.2) is 26.2 Å². The summed E-state index contributed by atoms with van der Waals surface area (Å²) >= 11 is 5.29. The van der Waals surface area contributed by atoms with Crippen LogP contribution in [0, 0.1) is 0 Å². The van der Waals surface area contributed by atoms with Gasteiger partial charge in [0.2, 0.25) is 0 Å². The lowest BCUT2D eigenvalue weighted by Gasteiger charge is -1.94. The van der Waals surface area contributed by atoms with E-state index in [0.717, 1.165) is 13.2 Å². The van der Waals surface area contributed by atoms with E-state index >= 15 is 0 Å². The summed E-state index contributed by atoms with van der Waals surface area (Å²) in [6, 6.07) is 0. The van der Waals surface area contributed by atoms with E-state index in [2.05, 4.69) is 9.47 Å². The summed E-state index contributed by atoms with van der Waals surface area (Å²) in [5, 5.41) is -0.306. The van der Waals surface area contributed by atoms with Gasteiger partial charge in [0.1, 0.15) is 5.03 Å². The summed E-state index contributed by atoms with van der Waals surface area (Å²) in [5.41, 5.74) is 0. The van der Waals surface area contributed by atoms with Crippen molar-refractivity contribution in [1.29, 1.82) is 0 Å². The maximum absolute atomic E-state index is 10.5. The maximum Gasteiger partial charge on any atom is 0.349 e. The molecular formula is C6H7ClO4. The Morgan fingerprint density at radius 3 is 2.18 bits per heavy atom. The molecule has 0 spiro atoms. The topological polar surface area (TPSA) is 52.6 Å². The highest BCUT2D eigenvalue weighted by Gasteiger charge is 2.07. The van der Waals surface area contributed by atoms with Gasteiger partial charge in [0.15, 0.2) is 0 Å². The first-order chi connectivity index (χ1) is 5.11. The van der Waals surface area contributed by atoms with E-state index in [9.17, 15) is 9.59 Å². The molecule has 0 aromatic carbocycles. The van der Waals surface area contributed by atoms with Crippen molar-refractivity contribution in [3.8, 4) is 0 Å². The molecule has 0 aliphatic heterocycles. The van der Waals surface area contributed by atoms with Crippen LogP contribution in [0.25, 0.3) is 0 Å². The first-order valence-corrected chi connectivity index (χ1v) is 3.03. The molecule has 62 valence electrons. The van der Waals surface area contributed by atoms with E-state index in [1.54, 1.807) is 0 Å². The van der Waals surface area contributed by atoms with Gasteiger partial charge in [0.05, 0.1) is 14.2 Å². The molecule has 0 aromatic heterocycles. The fourth-order valence-corrected chi connectivity index (χ4v) is 0.485. The lowest BCUT2D eigenvalue weighted by molar-refractivity contribution is -0.137. The quantitative estimate of drug-likeness (QED) is 0.455. The zero-order valence-electron chi connectivity index (χ0n) is 6.09. The van der Waals surface area contributed by atoms with Crippen molar-refractivity contribution < 1.29 is 19.1 Å². The van der Waals surface area contributed by atoms with Crippen LogP contribution >= 0.6 is 11.6 Å². The average Bonchev–Trinajstić information content (AvgIpc) is 2.02. The molecular weight excluding hydrogens is 172 g/mol. The van der Waals surface area contributed by atoms with Crippen LogP contribution in [0.15, 0.2) is 11.1 Å². The maximum atomic E-state index is 10.5. The first-order valence-electron chi connectivity index (χ1n) is 2.65. The Morgan fingerprint density at radius 2 is 1.82 bits per heavy atom. The molecule has 0 amide bonds. The van der Waals surface area contributed by atoms with Crippen LogP contribution in [-0.2, 0) is 19.1 Å². The molecule has 11 heavy (non-hydrogen) atoms. The average molecular weight is 179 g/mol. The van der Waals surface area contributed by atoms with Crippen molar-refractivity contribution in [2.75, 3.05) is 14.2 Å². The summed E-state index contributed by atoms with van der Waals surface area (Å²) < 4.78 is 8.42. The monoisotopic (exact) mass is 178 g/mol. The van der Waals surface area contributed by atoms with Gasteiger partial charge in [0.25, 0.3) is 0 Å². The minimum Gasteiger partial charge on any atom is -0.466 e. The Bertz CT molecular complexity index is 197. The number of hydrogen-bond donors (Lipinski definition) is 0. The number of carbonyl (C=O) groups excluding carboxylic acids is 2. The van der Waals surface area contributed by atoms with Crippen molar-refractivity contribution >= 4 is 23.5 Å². The third-order valence-electron chi connectivity index (χ3n) is 0.826. The fraction of sp³-hybridized carbons (Fsp3) is 0.333. The molecule has 4 nitrogen and oxygen atoms in total. The van der Waals surface area contributed by atoms with Gasteiger partial charge in [-0.3, -0.25) is 0 Å². The number of carbonyl (C=O) groups is 2. The molecule has 0 N–H and O–H groups in total. The third kappa shape index (κ3) is 3.62. The van der Waals surface area contributed by atoms with Crippen LogP contribution in [0.1, 0.15) is 0 Å². The first kappa shape index (κ1) is 9.97. The predicted octanol–water partition coefficient (Wildman–Crippen LogP) is 0.455. The molecule has 0 aliphatic carbocycles. The number of methoxy groups -OCH3 is 2. The number of rotatable bonds is 2. The van der Waals surface area contributed by atoms with Gasteiger partial charge < -0.3 is 9.47 Å². The molecule has 0 saturated carbocycles. The van der Waals surface area contributed by atoms with Crippen LogP contribution in [0.2, 0.25) is 0 Å². The van der Waals surface area contributed by atoms with Crippen molar-refractivity contribution in [1.82, 2.24) is 0 Å². The van der Waals surface area contributed by atoms with Gasteiger partial charge >= 0.3 is 11.9 Å². The standard InChI is InChI=1S/C6H7ClO4/c1-10-5(8)3-4(7)6(9)11-2/h3H,1-2H3/b4-3+. The Hall–Kier alpha value is -1.03. The normalized spacial score (nSPS) is 10.6. The second kappa shape index (κ2) is 4.73. The Labute approximate surface area is 68.7 Å². The summed E-state index contributed by atoms with van der Waals surface area (Å²) in [5.74, 6) is -1.46. The smallest absolute Gasteiger partial charge is 0.349 e. The zero-order chi connectivity index (χ0) is 8.85. The SMILES string of the molecule is COC(=O)/C=C(/Cl)C(=O)OC. The van der Waals surface area contributed by atoms with Gasteiger partial charge in [0, 0.05) is 6.08 Å². The molecule has 0 radical (unpaired) electrons. The predicted molar refractivity (Wildman–Crippen MR) is 38.0 cm³/mol. The number of hydrogen-bond acceptors (Lipinski definition) is 4. The Kier molecular flexibility index (Phi) is 4.29. The second-order valence-electron chi connectivity index (χ2n) is 1.51. The Balaban J connectivity index is 4.21. The fourth-order valence-electron chi connectivity index (χ4n) is 0.319. The van der Waals surface area contributed by atoms with Crippen LogP contribution in [0.3, 0.4) is 0 Å². The van der Waals surface area contributed by atoms with E-state index in [0.29, 0.717) is 0 Å². The van der Waals surface area contributed by atoms with Gasteiger partial charge in [-0.25, -0.2) is 9.59 Å². The third-order valence-corrected chi connectivity index (χ3v) is 1.09. The van der Waals surface area contributed by atoms with Gasteiger partial charge in [-0.2, -0.15) is 0 Å². The van der Waals surface area contributed by atoms with Gasteiger partial charge in [-0.1, -0.05) is 11.6 Å². The molecule has 0 atom stereocenters. The summed E-state index contributed by atoms with van der Waals surface area (Å²) in [6.45, 7) is 0. The lowest BCUT2D eigenvalue weighted by atomic mass is 10.5. The van der Waals surface area contributed by atoms with E-state index in [-0.39, 0.29) is 5.03 Å². The van der Waals surface area contributed by atoms with Crippen LogP contribution < -0.4 is 0 Å². The summed E-state index contributed by atoms with van der Waals surface area (Å²) in [7, 11) is 2.34. The minimum atomic E-state index is -0.767. The minimum absolute atomic E-state index is 0.306. The largest absolute Gasteiger partial charge is 0.466 e. The van der Waals surface area contributed by atoms with Crippen LogP contribution in [0.5, 0.6) is 0 Å². The van der Waals surface area contributed by atoms with E-state index in [1.165, 1.54) is 7.11 Å². The molecule has 0 fully saturated rings. The molecule has 0 aromatic rings. The highest BCUT2D eigenvalue weighted by molar-refractivity contribution is 6.42. The molecule has 0 bridgehead atoms. The van der Waals surface area contributed by atoms with E-state index < -0.39 is 11.9 Å². The molecule has 0 unspecified atom stereocenters. The van der Waals surface area contributed by atoms with Gasteiger partial charge in [-0.05, 0) is 0 Å². The molecule has 5 heteroatoms. The summed E-state index contributed by atoms with van der Waals surface area (Å²) in [6.07, 6.45) is 0.841. The zero-order valence-corrected chi connectivity index (χ0v) is 6.84. The van der Waals surface area contributed by atoms with Crippen molar-refractivity contribution in [3.05, 3.63) is 11.1 Å². The highest BCUT2D eigenvalue weighted by atomic mass is 35.5. The molecule has 0 rings (SSSR count). The van der Waals surface area contributed by atoms with E-state index in [4.69, 9.17) is 11.6 Å². The van der Waals surface area contributed by atoms with Crippen molar-refractivity contribution in [3.63, 3.8) is 0 Å².